The minimum absolute atomic E-state index is 0. The number of nitrogens with zero attached hydrogens (tertiary/aromatic N) is 1. The summed E-state index contributed by atoms with van der Waals surface area (Å²) in [5, 5.41) is 4.39. The molecule has 1 aromatic carbocycles. The van der Waals surface area contributed by atoms with Crippen molar-refractivity contribution in [1.82, 2.24) is 21.3 Å². The van der Waals surface area contributed by atoms with E-state index in [9.17, 15) is 9.59 Å². The predicted octanol–water partition coefficient (Wildman–Crippen LogP) is -9.47. The molecule has 0 aromatic heterocycles. The smallest absolute Gasteiger partial charge is 1.00 e. The van der Waals surface area contributed by atoms with E-state index in [0.717, 1.165) is 5.69 Å². The molecule has 0 aliphatic rings. The molecule has 0 saturated carbocycles. The van der Waals surface area contributed by atoms with Gasteiger partial charge in [0.05, 0.1) is 13.1 Å². The molecular formula is C11H21CoF2N7O4S. The predicted molar refractivity (Wildman–Crippen MR) is 89.3 cm³/mol. The first-order chi connectivity index (χ1) is 10.0. The van der Waals surface area contributed by atoms with Crippen LogP contribution in [-0.4, -0.2) is 46.0 Å². The van der Waals surface area contributed by atoms with Crippen molar-refractivity contribution in [3.05, 3.63) is 30.3 Å². The molecule has 26 heavy (non-hydrogen) atoms. The van der Waals surface area contributed by atoms with Gasteiger partial charge < -0.3 is 25.7 Å². The molecule has 0 atom stereocenters. The standard InChI is InChI=1S/C11H17N7O2S.Co.2FH.2H2O/c12-15-9(19)6-18(7-10(20)16-13)17-11(21)14-8-4-2-1-3-5-8;;;;;/h1-5H,6-7,12-13H2,(H,15,19)(H,16,20)(H2,14,17,21);;2*1H;2*1H2/q;+2;;;;/p-2. The first-order valence-corrected chi connectivity index (χ1v) is 6.32. The molecule has 12 N–H and O–H groups in total. The fourth-order valence-electron chi connectivity index (χ4n) is 1.40. The minimum Gasteiger partial charge on any atom is -1.00 e. The average Bonchev–Trinajstić information content (AvgIpc) is 2.47. The number of para-hydroxylation sites is 1. The summed E-state index contributed by atoms with van der Waals surface area (Å²) >= 11 is 5.10. The van der Waals surface area contributed by atoms with Crippen LogP contribution in [0.4, 0.5) is 5.69 Å². The molecule has 0 heterocycles. The van der Waals surface area contributed by atoms with Crippen LogP contribution in [0.3, 0.4) is 0 Å². The first-order valence-electron chi connectivity index (χ1n) is 5.91. The quantitative estimate of drug-likeness (QED) is 0.107. The van der Waals surface area contributed by atoms with E-state index in [4.69, 9.17) is 23.9 Å². The topological polar surface area (TPSA) is 201 Å². The molecule has 2 amide bonds. The number of halogens is 2. The number of hydrogen-bond acceptors (Lipinski definition) is 6. The molecule has 1 radical (unpaired) electrons. The maximum Gasteiger partial charge on any atom is 2.00 e. The summed E-state index contributed by atoms with van der Waals surface area (Å²) in [5.74, 6) is 9.04. The molecule has 0 fully saturated rings. The van der Waals surface area contributed by atoms with Crippen molar-refractivity contribution in [2.45, 2.75) is 0 Å². The Labute approximate surface area is 163 Å². The van der Waals surface area contributed by atoms with E-state index in [2.05, 4.69) is 10.7 Å². The zero-order valence-electron chi connectivity index (χ0n) is 13.2. The van der Waals surface area contributed by atoms with Crippen molar-refractivity contribution in [2.24, 2.45) is 11.7 Å². The summed E-state index contributed by atoms with van der Waals surface area (Å²) in [6.07, 6.45) is 0. The third kappa shape index (κ3) is 14.4. The molecule has 0 bridgehead atoms. The van der Waals surface area contributed by atoms with Crippen molar-refractivity contribution in [3.8, 4) is 0 Å². The fraction of sp³-hybridized carbons (Fsp3) is 0.182. The third-order valence-electron chi connectivity index (χ3n) is 2.28. The number of hydrazine groups is 3. The maximum atomic E-state index is 11.3. The molecule has 0 saturated heterocycles. The van der Waals surface area contributed by atoms with Crippen LogP contribution in [-0.2, 0) is 26.4 Å². The molecule has 0 spiro atoms. The molecule has 0 unspecified atom stereocenters. The summed E-state index contributed by atoms with van der Waals surface area (Å²) in [6.45, 7) is -0.360. The monoisotopic (exact) mass is 444 g/mol. The van der Waals surface area contributed by atoms with Crippen LogP contribution in [0.5, 0.6) is 0 Å². The Bertz CT molecular complexity index is 501. The number of benzene rings is 1. The Kier molecular flexibility index (Phi) is 26.2. The average molecular weight is 444 g/mol. The van der Waals surface area contributed by atoms with Gasteiger partial charge in [0.25, 0.3) is 0 Å². The molecule has 1 rings (SSSR count). The van der Waals surface area contributed by atoms with Gasteiger partial charge in [-0.05, 0) is 24.4 Å². The van der Waals surface area contributed by atoms with Gasteiger partial charge in [-0.1, -0.05) is 18.2 Å². The molecular weight excluding hydrogens is 423 g/mol. The van der Waals surface area contributed by atoms with Gasteiger partial charge in [0.2, 0.25) is 11.8 Å². The Balaban J connectivity index is -0.000000294. The minimum atomic E-state index is -0.491. The van der Waals surface area contributed by atoms with Crippen molar-refractivity contribution in [3.63, 3.8) is 0 Å². The van der Waals surface area contributed by atoms with Crippen LogP contribution in [0.1, 0.15) is 0 Å². The molecule has 0 aliphatic carbocycles. The van der Waals surface area contributed by atoms with Crippen LogP contribution < -0.4 is 42.7 Å². The zero-order valence-corrected chi connectivity index (χ0v) is 15.1. The van der Waals surface area contributed by atoms with Gasteiger partial charge in [0.15, 0.2) is 5.11 Å². The summed E-state index contributed by atoms with van der Waals surface area (Å²) < 4.78 is 0. The zero-order chi connectivity index (χ0) is 15.7. The fourth-order valence-corrected chi connectivity index (χ4v) is 1.64. The number of thiocarbonyl (C=S) groups is 1. The molecule has 1 aromatic rings. The number of carbonyl (C=O) groups is 2. The van der Waals surface area contributed by atoms with Crippen molar-refractivity contribution < 1.29 is 46.7 Å². The number of amides is 2. The van der Waals surface area contributed by atoms with E-state index in [1.54, 1.807) is 0 Å². The van der Waals surface area contributed by atoms with Gasteiger partial charge in [-0.15, -0.1) is 0 Å². The second-order valence-corrected chi connectivity index (χ2v) is 4.33. The van der Waals surface area contributed by atoms with E-state index >= 15 is 0 Å². The summed E-state index contributed by atoms with van der Waals surface area (Å²) in [7, 11) is 0. The van der Waals surface area contributed by atoms with E-state index in [-0.39, 0.29) is 55.3 Å². The van der Waals surface area contributed by atoms with E-state index in [1.165, 1.54) is 5.01 Å². The van der Waals surface area contributed by atoms with Crippen LogP contribution >= 0.6 is 12.2 Å². The normalized spacial score (nSPS) is 7.96. The number of anilines is 1. The van der Waals surface area contributed by atoms with E-state index < -0.39 is 11.8 Å². The van der Waals surface area contributed by atoms with E-state index in [0.29, 0.717) is 0 Å². The van der Waals surface area contributed by atoms with Crippen molar-refractivity contribution >= 4 is 34.8 Å². The Hall–Kier alpha value is -1.98. The van der Waals surface area contributed by atoms with Gasteiger partial charge in [0.1, 0.15) is 0 Å². The third-order valence-corrected chi connectivity index (χ3v) is 2.48. The molecule has 0 aliphatic heterocycles. The van der Waals surface area contributed by atoms with Gasteiger partial charge in [-0.3, -0.25) is 25.9 Å². The van der Waals surface area contributed by atoms with Crippen molar-refractivity contribution in [1.29, 1.82) is 0 Å². The van der Waals surface area contributed by atoms with Crippen LogP contribution in [0.2, 0.25) is 0 Å². The number of carbonyl (C=O) groups excluding carboxylic acids is 2. The summed E-state index contributed by atoms with van der Waals surface area (Å²) in [4.78, 5) is 22.6. The second-order valence-electron chi connectivity index (χ2n) is 3.92. The van der Waals surface area contributed by atoms with Crippen LogP contribution in [0.15, 0.2) is 30.3 Å². The number of hydrogen-bond donors (Lipinski definition) is 6. The Morgan fingerprint density at radius 1 is 0.962 bits per heavy atom. The number of rotatable bonds is 6. The summed E-state index contributed by atoms with van der Waals surface area (Å²) in [5.41, 5.74) is 7.41. The van der Waals surface area contributed by atoms with Crippen LogP contribution in [0, 0.1) is 0 Å². The number of nitrogens with one attached hydrogen (secondary N) is 4. The Morgan fingerprint density at radius 2 is 1.38 bits per heavy atom. The molecule has 11 nitrogen and oxygen atoms in total. The molecule has 153 valence electrons. The van der Waals surface area contributed by atoms with Crippen LogP contribution in [0.25, 0.3) is 0 Å². The maximum absolute atomic E-state index is 11.3. The van der Waals surface area contributed by atoms with Gasteiger partial charge >= 0.3 is 16.8 Å². The van der Waals surface area contributed by atoms with E-state index in [1.807, 2.05) is 41.2 Å². The molecule has 15 heteroatoms. The van der Waals surface area contributed by atoms with Gasteiger partial charge in [0, 0.05) is 5.69 Å². The van der Waals surface area contributed by atoms with Gasteiger partial charge in [-0.2, -0.15) is 0 Å². The SMILES string of the molecule is NNC(=O)CN(CC(=O)NN)NC(=S)Nc1ccccc1.O.O.[Co+2].[F-].[F-]. The summed E-state index contributed by atoms with van der Waals surface area (Å²) in [6, 6.07) is 9.18. The number of nitrogens with two attached hydrogens (primary N) is 2. The van der Waals surface area contributed by atoms with Gasteiger partial charge in [-0.25, -0.2) is 16.7 Å². The second kappa shape index (κ2) is 19.3. The Morgan fingerprint density at radius 3 is 1.77 bits per heavy atom. The largest absolute Gasteiger partial charge is 2.00 e. The van der Waals surface area contributed by atoms with Crippen molar-refractivity contribution in [2.75, 3.05) is 18.4 Å². The first kappa shape index (κ1) is 35.2.